The molecule has 2 aromatic rings. The molecule has 0 N–H and O–H groups in total. The van der Waals surface area contributed by atoms with E-state index in [0.717, 1.165) is 43.9 Å². The van der Waals surface area contributed by atoms with Crippen LogP contribution in [0.4, 0.5) is 0 Å². The fraction of sp³-hybridized carbons (Fsp3) is 0.444. The molecule has 0 aliphatic carbocycles. The van der Waals surface area contributed by atoms with Gasteiger partial charge >= 0.3 is 0 Å². The Labute approximate surface area is 132 Å². The molecule has 116 valence electrons. The second kappa shape index (κ2) is 7.47. The van der Waals surface area contributed by atoms with Crippen molar-refractivity contribution >= 4 is 0 Å². The predicted octanol–water partition coefficient (Wildman–Crippen LogP) is 2.97. The second-order valence-corrected chi connectivity index (χ2v) is 5.95. The van der Waals surface area contributed by atoms with E-state index in [1.165, 1.54) is 5.56 Å². The fourth-order valence-corrected chi connectivity index (χ4v) is 2.72. The quantitative estimate of drug-likeness (QED) is 0.850. The topological polar surface area (TPSA) is 38.2 Å². The molecule has 0 spiro atoms. The van der Waals surface area contributed by atoms with Gasteiger partial charge < -0.3 is 4.74 Å². The maximum Gasteiger partial charge on any atom is 0.142 e. The third kappa shape index (κ3) is 4.36. The number of aryl methyl sites for hydroxylation is 1. The summed E-state index contributed by atoms with van der Waals surface area (Å²) in [6, 6.07) is 10.4. The van der Waals surface area contributed by atoms with Crippen LogP contribution in [0.5, 0.6) is 0 Å². The zero-order chi connectivity index (χ0) is 15.2. The predicted molar refractivity (Wildman–Crippen MR) is 86.3 cm³/mol. The highest BCUT2D eigenvalue weighted by atomic mass is 16.5. The molecule has 0 radical (unpaired) electrons. The monoisotopic (exact) mass is 297 g/mol. The van der Waals surface area contributed by atoms with E-state index in [2.05, 4.69) is 39.1 Å². The number of piperidine rings is 1. The summed E-state index contributed by atoms with van der Waals surface area (Å²) < 4.78 is 6.03. The fourth-order valence-electron chi connectivity index (χ4n) is 2.72. The second-order valence-electron chi connectivity index (χ2n) is 5.95. The lowest BCUT2D eigenvalue weighted by Crippen LogP contribution is -2.36. The van der Waals surface area contributed by atoms with Crippen LogP contribution >= 0.6 is 0 Å². The van der Waals surface area contributed by atoms with Crippen molar-refractivity contribution in [3.63, 3.8) is 0 Å². The van der Waals surface area contributed by atoms with E-state index in [0.29, 0.717) is 12.7 Å². The van der Waals surface area contributed by atoms with Crippen LogP contribution in [-0.4, -0.2) is 34.1 Å². The molecule has 1 aliphatic rings. The smallest absolute Gasteiger partial charge is 0.142 e. The minimum absolute atomic E-state index is 0.371. The highest BCUT2D eigenvalue weighted by Gasteiger charge is 2.20. The molecule has 1 fully saturated rings. The zero-order valence-corrected chi connectivity index (χ0v) is 13.1. The van der Waals surface area contributed by atoms with Gasteiger partial charge in [-0.05, 0) is 30.9 Å². The summed E-state index contributed by atoms with van der Waals surface area (Å²) >= 11 is 0. The van der Waals surface area contributed by atoms with Gasteiger partial charge in [-0.1, -0.05) is 30.3 Å². The van der Waals surface area contributed by atoms with E-state index >= 15 is 0 Å². The van der Waals surface area contributed by atoms with Crippen molar-refractivity contribution in [2.75, 3.05) is 13.1 Å². The first-order valence-electron chi connectivity index (χ1n) is 7.95. The van der Waals surface area contributed by atoms with E-state index in [4.69, 9.17) is 4.74 Å². The molecule has 4 heteroatoms. The zero-order valence-electron chi connectivity index (χ0n) is 13.1. The number of aromatic nitrogens is 2. The molecule has 22 heavy (non-hydrogen) atoms. The van der Waals surface area contributed by atoms with Gasteiger partial charge in [-0.2, -0.15) is 0 Å². The first-order chi connectivity index (χ1) is 10.8. The van der Waals surface area contributed by atoms with Gasteiger partial charge in [0.25, 0.3) is 0 Å². The lowest BCUT2D eigenvalue weighted by molar-refractivity contribution is -0.00437. The number of rotatable bonds is 5. The maximum absolute atomic E-state index is 6.03. The van der Waals surface area contributed by atoms with Gasteiger partial charge in [0.1, 0.15) is 5.82 Å². The number of nitrogens with zero attached hydrogens (tertiary/aromatic N) is 3. The SMILES string of the molecule is Cc1cnc(CN2CCC(OCc3ccccc3)CC2)nc1. The highest BCUT2D eigenvalue weighted by molar-refractivity contribution is 5.13. The summed E-state index contributed by atoms with van der Waals surface area (Å²) in [4.78, 5) is 11.2. The summed E-state index contributed by atoms with van der Waals surface area (Å²) in [7, 11) is 0. The molecule has 0 saturated carbocycles. The number of ether oxygens (including phenoxy) is 1. The van der Waals surface area contributed by atoms with Gasteiger partial charge in [-0.15, -0.1) is 0 Å². The lowest BCUT2D eigenvalue weighted by atomic mass is 10.1. The minimum atomic E-state index is 0.371. The van der Waals surface area contributed by atoms with Crippen molar-refractivity contribution in [1.82, 2.24) is 14.9 Å². The van der Waals surface area contributed by atoms with Gasteiger partial charge in [0, 0.05) is 25.5 Å². The van der Waals surface area contributed by atoms with Crippen molar-refractivity contribution in [1.29, 1.82) is 0 Å². The number of hydrogen-bond acceptors (Lipinski definition) is 4. The van der Waals surface area contributed by atoms with Crippen LogP contribution in [0.1, 0.15) is 29.8 Å². The maximum atomic E-state index is 6.03. The summed E-state index contributed by atoms with van der Waals surface area (Å²) in [5.41, 5.74) is 2.36. The van der Waals surface area contributed by atoms with Crippen LogP contribution in [0.3, 0.4) is 0 Å². The Balaban J connectivity index is 1.41. The highest BCUT2D eigenvalue weighted by Crippen LogP contribution is 2.16. The molecule has 0 unspecified atom stereocenters. The van der Waals surface area contributed by atoms with Gasteiger partial charge in [0.15, 0.2) is 0 Å². The summed E-state index contributed by atoms with van der Waals surface area (Å²) in [6.07, 6.45) is 6.31. The van der Waals surface area contributed by atoms with Crippen molar-refractivity contribution in [2.24, 2.45) is 0 Å². The molecule has 0 atom stereocenters. The molecule has 2 heterocycles. The Morgan fingerprint density at radius 3 is 2.45 bits per heavy atom. The van der Waals surface area contributed by atoms with Crippen molar-refractivity contribution in [3.05, 3.63) is 59.7 Å². The third-order valence-corrected chi connectivity index (χ3v) is 4.06. The van der Waals surface area contributed by atoms with Gasteiger partial charge in [-0.25, -0.2) is 9.97 Å². The average Bonchev–Trinajstić information content (AvgIpc) is 2.57. The molecule has 3 rings (SSSR count). The van der Waals surface area contributed by atoms with E-state index in [-0.39, 0.29) is 0 Å². The van der Waals surface area contributed by atoms with Gasteiger partial charge in [-0.3, -0.25) is 4.90 Å². The number of hydrogen-bond donors (Lipinski definition) is 0. The first-order valence-corrected chi connectivity index (χ1v) is 7.95. The van der Waals surface area contributed by atoms with Crippen LogP contribution in [-0.2, 0) is 17.9 Å². The molecule has 4 nitrogen and oxygen atoms in total. The molecule has 1 aliphatic heterocycles. The molecular formula is C18H23N3O. The summed E-state index contributed by atoms with van der Waals surface area (Å²) in [6.45, 7) is 5.67. The Hall–Kier alpha value is -1.78. The molecule has 1 aromatic heterocycles. The molecular weight excluding hydrogens is 274 g/mol. The summed E-state index contributed by atoms with van der Waals surface area (Å²) in [5.74, 6) is 0.911. The van der Waals surface area contributed by atoms with E-state index in [9.17, 15) is 0 Å². The van der Waals surface area contributed by atoms with Gasteiger partial charge in [0.05, 0.1) is 19.3 Å². The van der Waals surface area contributed by atoms with Crippen LogP contribution in [0.2, 0.25) is 0 Å². The Morgan fingerprint density at radius 2 is 1.77 bits per heavy atom. The minimum Gasteiger partial charge on any atom is -0.373 e. The largest absolute Gasteiger partial charge is 0.373 e. The Kier molecular flexibility index (Phi) is 5.14. The van der Waals surface area contributed by atoms with Crippen LogP contribution in [0.25, 0.3) is 0 Å². The van der Waals surface area contributed by atoms with E-state index in [1.807, 2.05) is 25.4 Å². The van der Waals surface area contributed by atoms with Gasteiger partial charge in [0.2, 0.25) is 0 Å². The van der Waals surface area contributed by atoms with Crippen LogP contribution < -0.4 is 0 Å². The molecule has 0 bridgehead atoms. The molecule has 0 amide bonds. The Morgan fingerprint density at radius 1 is 1.09 bits per heavy atom. The normalized spacial score (nSPS) is 16.8. The standard InChI is InChI=1S/C18H23N3O/c1-15-11-19-18(20-12-15)13-21-9-7-17(8-10-21)22-14-16-5-3-2-4-6-16/h2-6,11-12,17H,7-10,13-14H2,1H3. The summed E-state index contributed by atoms with van der Waals surface area (Å²) in [5, 5.41) is 0. The van der Waals surface area contributed by atoms with Crippen LogP contribution in [0, 0.1) is 6.92 Å². The van der Waals surface area contributed by atoms with Crippen molar-refractivity contribution < 1.29 is 4.74 Å². The van der Waals surface area contributed by atoms with E-state index in [1.54, 1.807) is 0 Å². The van der Waals surface area contributed by atoms with Crippen LogP contribution in [0.15, 0.2) is 42.7 Å². The molecule has 1 saturated heterocycles. The average molecular weight is 297 g/mol. The van der Waals surface area contributed by atoms with E-state index < -0.39 is 0 Å². The molecule has 1 aromatic carbocycles. The number of likely N-dealkylation sites (tertiary alicyclic amines) is 1. The lowest BCUT2D eigenvalue weighted by Gasteiger charge is -2.31. The Bertz CT molecular complexity index is 563. The van der Waals surface area contributed by atoms with Crippen molar-refractivity contribution in [2.45, 2.75) is 39.0 Å². The van der Waals surface area contributed by atoms with Crippen molar-refractivity contribution in [3.8, 4) is 0 Å². The first kappa shape index (κ1) is 15.1. The third-order valence-electron chi connectivity index (χ3n) is 4.06. The number of benzene rings is 1.